The van der Waals surface area contributed by atoms with Crippen LogP contribution in [0.5, 0.6) is 0 Å². The second-order valence-corrected chi connectivity index (χ2v) is 8.56. The molecule has 3 aromatic rings. The van der Waals surface area contributed by atoms with Crippen molar-refractivity contribution in [3.05, 3.63) is 58.0 Å². The monoisotopic (exact) mass is 437 g/mol. The third kappa shape index (κ3) is 4.23. The van der Waals surface area contributed by atoms with E-state index < -0.39 is 6.09 Å². The van der Waals surface area contributed by atoms with Crippen LogP contribution in [0.3, 0.4) is 0 Å². The van der Waals surface area contributed by atoms with Gasteiger partial charge < -0.3 is 20.3 Å². The fourth-order valence-electron chi connectivity index (χ4n) is 4.12. The van der Waals surface area contributed by atoms with Crippen molar-refractivity contribution in [2.45, 2.75) is 32.6 Å². The highest BCUT2D eigenvalue weighted by atomic mass is 16.4. The van der Waals surface area contributed by atoms with Crippen LogP contribution in [0.15, 0.2) is 41.2 Å². The number of nitrogens with one attached hydrogen (secondary N) is 2. The number of H-pyrrole nitrogens is 1. The number of carbonyl (C=O) groups is 2. The Kier molecular flexibility index (Phi) is 5.98. The molecule has 0 spiro atoms. The van der Waals surface area contributed by atoms with Crippen molar-refractivity contribution in [3.63, 3.8) is 0 Å². The van der Waals surface area contributed by atoms with Crippen LogP contribution in [0.25, 0.3) is 16.9 Å². The normalized spacial score (nSPS) is 14.8. The SMILES string of the molecule is CC(C)CNC(=O)c1c(-c2ccccc2)nn2c(C3CCN(C(=O)O)CC3)cc(=O)[nH]c12. The molecule has 9 heteroatoms. The van der Waals surface area contributed by atoms with Crippen molar-refractivity contribution in [2.24, 2.45) is 5.92 Å². The number of carboxylic acid groups (broad SMARTS) is 1. The third-order valence-corrected chi connectivity index (χ3v) is 5.78. The molecule has 0 unspecified atom stereocenters. The molecule has 9 nitrogen and oxygen atoms in total. The molecule has 0 aliphatic carbocycles. The topological polar surface area (TPSA) is 120 Å². The van der Waals surface area contributed by atoms with Crippen molar-refractivity contribution in [2.75, 3.05) is 19.6 Å². The van der Waals surface area contributed by atoms with Gasteiger partial charge in [0.05, 0.1) is 5.69 Å². The molecule has 32 heavy (non-hydrogen) atoms. The lowest BCUT2D eigenvalue weighted by Crippen LogP contribution is -2.37. The number of rotatable bonds is 5. The number of benzene rings is 1. The average molecular weight is 438 g/mol. The van der Waals surface area contributed by atoms with E-state index in [4.69, 9.17) is 5.10 Å². The van der Waals surface area contributed by atoms with Gasteiger partial charge in [-0.05, 0) is 18.8 Å². The van der Waals surface area contributed by atoms with Crippen LogP contribution in [-0.2, 0) is 0 Å². The highest BCUT2D eigenvalue weighted by Crippen LogP contribution is 2.31. The second-order valence-electron chi connectivity index (χ2n) is 8.56. The fourth-order valence-corrected chi connectivity index (χ4v) is 4.12. The summed E-state index contributed by atoms with van der Waals surface area (Å²) in [7, 11) is 0. The van der Waals surface area contributed by atoms with Gasteiger partial charge >= 0.3 is 6.09 Å². The van der Waals surface area contributed by atoms with Crippen LogP contribution < -0.4 is 10.9 Å². The molecule has 1 aliphatic heterocycles. The predicted octanol–water partition coefficient (Wildman–Crippen LogP) is 2.93. The first-order chi connectivity index (χ1) is 15.3. The maximum atomic E-state index is 13.2. The molecular weight excluding hydrogens is 410 g/mol. The highest BCUT2D eigenvalue weighted by Gasteiger charge is 2.29. The van der Waals surface area contributed by atoms with Gasteiger partial charge in [0.2, 0.25) is 0 Å². The summed E-state index contributed by atoms with van der Waals surface area (Å²) in [5, 5.41) is 16.9. The van der Waals surface area contributed by atoms with Crippen LogP contribution in [0.1, 0.15) is 48.7 Å². The number of piperidine rings is 1. The Morgan fingerprint density at radius 2 is 1.91 bits per heavy atom. The van der Waals surface area contributed by atoms with Crippen LogP contribution in [-0.4, -0.2) is 56.2 Å². The lowest BCUT2D eigenvalue weighted by Gasteiger charge is -2.30. The highest BCUT2D eigenvalue weighted by molar-refractivity contribution is 6.05. The molecule has 1 aromatic carbocycles. The molecule has 168 valence electrons. The van der Waals surface area contributed by atoms with E-state index in [-0.39, 0.29) is 23.3 Å². The van der Waals surface area contributed by atoms with E-state index >= 15 is 0 Å². The lowest BCUT2D eigenvalue weighted by molar-refractivity contribution is 0.0951. The van der Waals surface area contributed by atoms with Gasteiger partial charge in [0, 0.05) is 37.2 Å². The molecule has 2 aromatic heterocycles. The Hall–Kier alpha value is -3.62. The molecule has 3 heterocycles. The summed E-state index contributed by atoms with van der Waals surface area (Å²) < 4.78 is 1.65. The molecule has 3 N–H and O–H groups in total. The first kappa shape index (κ1) is 21.6. The van der Waals surface area contributed by atoms with Crippen LogP contribution in [0.4, 0.5) is 4.79 Å². The van der Waals surface area contributed by atoms with Gasteiger partial charge in [-0.1, -0.05) is 44.2 Å². The summed E-state index contributed by atoms with van der Waals surface area (Å²) in [4.78, 5) is 41.2. The Morgan fingerprint density at radius 3 is 2.53 bits per heavy atom. The Bertz CT molecular complexity index is 1190. The summed E-state index contributed by atoms with van der Waals surface area (Å²) in [5.41, 5.74) is 2.34. The number of nitrogens with zero attached hydrogens (tertiary/aromatic N) is 3. The molecule has 0 radical (unpaired) electrons. The van der Waals surface area contributed by atoms with E-state index in [2.05, 4.69) is 10.3 Å². The smallest absolute Gasteiger partial charge is 0.407 e. The maximum absolute atomic E-state index is 13.2. The first-order valence-corrected chi connectivity index (χ1v) is 10.8. The van der Waals surface area contributed by atoms with E-state index in [9.17, 15) is 19.5 Å². The van der Waals surface area contributed by atoms with E-state index in [1.54, 1.807) is 4.52 Å². The second kappa shape index (κ2) is 8.86. The van der Waals surface area contributed by atoms with Crippen molar-refractivity contribution in [1.29, 1.82) is 0 Å². The van der Waals surface area contributed by atoms with Crippen LogP contribution in [0, 0.1) is 5.92 Å². The van der Waals surface area contributed by atoms with E-state index in [1.807, 2.05) is 44.2 Å². The third-order valence-electron chi connectivity index (χ3n) is 5.78. The zero-order valence-corrected chi connectivity index (χ0v) is 18.2. The number of likely N-dealkylation sites (tertiary alicyclic amines) is 1. The van der Waals surface area contributed by atoms with Gasteiger partial charge in [0.25, 0.3) is 11.5 Å². The van der Waals surface area contributed by atoms with Crippen molar-refractivity contribution >= 4 is 17.6 Å². The van der Waals surface area contributed by atoms with Crippen LogP contribution in [0.2, 0.25) is 0 Å². The number of hydrogen-bond acceptors (Lipinski definition) is 4. The van der Waals surface area contributed by atoms with Gasteiger partial charge in [-0.15, -0.1) is 0 Å². The minimum absolute atomic E-state index is 0.0366. The Morgan fingerprint density at radius 1 is 1.22 bits per heavy atom. The molecular formula is C23H27N5O4. The Labute approximate surface area is 185 Å². The summed E-state index contributed by atoms with van der Waals surface area (Å²) in [6, 6.07) is 10.9. The van der Waals surface area contributed by atoms with Crippen molar-refractivity contribution in [3.8, 4) is 11.3 Å². The van der Waals surface area contributed by atoms with Gasteiger partial charge in [0.15, 0.2) is 0 Å². The quantitative estimate of drug-likeness (QED) is 0.567. The molecule has 2 amide bonds. The molecule has 0 saturated carbocycles. The standard InChI is InChI=1S/C23H27N5O4/c1-14(2)13-24-22(30)19-20(16-6-4-3-5-7-16)26-28-17(12-18(29)25-21(19)28)15-8-10-27(11-9-15)23(31)32/h3-7,12,14-15H,8-11,13H2,1-2H3,(H,24,30)(H,25,29)(H,31,32). The molecule has 1 fully saturated rings. The number of hydrogen-bond donors (Lipinski definition) is 3. The number of fused-ring (bicyclic) bond motifs is 1. The predicted molar refractivity (Wildman–Crippen MR) is 120 cm³/mol. The fraction of sp³-hybridized carbons (Fsp3) is 0.391. The molecule has 0 atom stereocenters. The summed E-state index contributed by atoms with van der Waals surface area (Å²) in [6.07, 6.45) is 0.231. The van der Waals surface area contributed by atoms with E-state index in [1.165, 1.54) is 11.0 Å². The summed E-state index contributed by atoms with van der Waals surface area (Å²) >= 11 is 0. The lowest BCUT2D eigenvalue weighted by atomic mass is 9.93. The maximum Gasteiger partial charge on any atom is 0.407 e. The average Bonchev–Trinajstić information content (AvgIpc) is 3.17. The largest absolute Gasteiger partial charge is 0.465 e. The van der Waals surface area contributed by atoms with E-state index in [0.29, 0.717) is 55.1 Å². The number of carbonyl (C=O) groups excluding carboxylic acids is 1. The minimum atomic E-state index is -0.936. The minimum Gasteiger partial charge on any atom is -0.465 e. The van der Waals surface area contributed by atoms with Gasteiger partial charge in [-0.2, -0.15) is 5.10 Å². The number of aromatic nitrogens is 3. The van der Waals surface area contributed by atoms with Crippen molar-refractivity contribution < 1.29 is 14.7 Å². The summed E-state index contributed by atoms with van der Waals surface area (Å²) in [6.45, 7) is 5.31. The van der Waals surface area contributed by atoms with Gasteiger partial charge in [-0.3, -0.25) is 9.59 Å². The molecule has 0 bridgehead atoms. The number of aromatic amines is 1. The molecule has 1 saturated heterocycles. The molecule has 1 aliphatic rings. The van der Waals surface area contributed by atoms with Gasteiger partial charge in [-0.25, -0.2) is 9.31 Å². The van der Waals surface area contributed by atoms with Gasteiger partial charge in [0.1, 0.15) is 16.9 Å². The number of amides is 2. The Balaban J connectivity index is 1.83. The zero-order chi connectivity index (χ0) is 22.8. The summed E-state index contributed by atoms with van der Waals surface area (Å²) in [5.74, 6) is -0.0541. The first-order valence-electron chi connectivity index (χ1n) is 10.8. The van der Waals surface area contributed by atoms with Crippen molar-refractivity contribution in [1.82, 2.24) is 24.8 Å². The van der Waals surface area contributed by atoms with Crippen LogP contribution >= 0.6 is 0 Å². The zero-order valence-electron chi connectivity index (χ0n) is 18.2. The van der Waals surface area contributed by atoms with E-state index in [0.717, 1.165) is 5.56 Å². The molecule has 4 rings (SSSR count).